The fourth-order valence-electron chi connectivity index (χ4n) is 5.01. The van der Waals surface area contributed by atoms with E-state index < -0.39 is 6.04 Å². The zero-order chi connectivity index (χ0) is 30.0. The molecule has 1 atom stereocenters. The molecule has 0 saturated heterocycles. The van der Waals surface area contributed by atoms with Gasteiger partial charge in [-0.05, 0) is 78.0 Å². The summed E-state index contributed by atoms with van der Waals surface area (Å²) in [6.07, 6.45) is 0. The number of benzene rings is 3. The molecule has 5 rings (SSSR count). The summed E-state index contributed by atoms with van der Waals surface area (Å²) < 4.78 is 7.94. The lowest BCUT2D eigenvalue weighted by atomic mass is 9.87. The van der Waals surface area contributed by atoms with Crippen molar-refractivity contribution in [1.82, 2.24) is 14.8 Å². The van der Waals surface area contributed by atoms with Gasteiger partial charge in [0.25, 0.3) is 5.91 Å². The average molecular weight is 582 g/mol. The van der Waals surface area contributed by atoms with Crippen molar-refractivity contribution in [2.45, 2.75) is 71.7 Å². The van der Waals surface area contributed by atoms with E-state index in [4.69, 9.17) is 9.84 Å². The van der Waals surface area contributed by atoms with Gasteiger partial charge in [0.1, 0.15) is 18.4 Å². The van der Waals surface area contributed by atoms with Crippen LogP contribution in [0.5, 0.6) is 5.75 Å². The van der Waals surface area contributed by atoms with Crippen molar-refractivity contribution in [3.63, 3.8) is 0 Å². The maximum atomic E-state index is 13.9. The third kappa shape index (κ3) is 6.23. The zero-order valence-corrected chi connectivity index (χ0v) is 26.2. The number of thioether (sulfide) groups is 1. The van der Waals surface area contributed by atoms with Crippen LogP contribution in [-0.2, 0) is 16.8 Å². The Morgan fingerprint density at radius 3 is 2.40 bits per heavy atom. The van der Waals surface area contributed by atoms with Gasteiger partial charge in [-0.25, -0.2) is 4.68 Å². The number of fused-ring (bicyclic) bond motifs is 1. The lowest BCUT2D eigenvalue weighted by Gasteiger charge is -2.29. The fourth-order valence-corrected chi connectivity index (χ4v) is 5.57. The van der Waals surface area contributed by atoms with Gasteiger partial charge in [-0.3, -0.25) is 4.79 Å². The quantitative estimate of drug-likeness (QED) is 0.207. The number of amides is 1. The molecule has 1 aromatic heterocycles. The van der Waals surface area contributed by atoms with Crippen LogP contribution in [0.2, 0.25) is 0 Å². The SMILES string of the molecule is CCSc1nc2n(n1)C(c1ccc(OCc3ccc(C(C)(C)C)cc3)cc1)C(C(=O)Nc1cccc(C)c1C)=C(C)N2. The van der Waals surface area contributed by atoms with Gasteiger partial charge >= 0.3 is 0 Å². The molecule has 3 aromatic carbocycles. The number of nitrogens with one attached hydrogen (secondary N) is 2. The Morgan fingerprint density at radius 1 is 1.02 bits per heavy atom. The van der Waals surface area contributed by atoms with E-state index in [-0.39, 0.29) is 11.3 Å². The summed E-state index contributed by atoms with van der Waals surface area (Å²) in [6, 6.07) is 22.0. The second kappa shape index (κ2) is 12.1. The highest BCUT2D eigenvalue weighted by Crippen LogP contribution is 2.37. The Bertz CT molecular complexity index is 1620. The highest BCUT2D eigenvalue weighted by molar-refractivity contribution is 7.99. The molecule has 8 heteroatoms. The first-order valence-electron chi connectivity index (χ1n) is 14.3. The monoisotopic (exact) mass is 581 g/mol. The molecule has 2 N–H and O–H groups in total. The van der Waals surface area contributed by atoms with Crippen molar-refractivity contribution in [1.29, 1.82) is 0 Å². The van der Waals surface area contributed by atoms with Gasteiger partial charge in [-0.2, -0.15) is 4.98 Å². The number of carbonyl (C=O) groups excluding carboxylic acids is 1. The van der Waals surface area contributed by atoms with E-state index in [1.165, 1.54) is 5.56 Å². The van der Waals surface area contributed by atoms with E-state index in [0.29, 0.717) is 23.3 Å². The predicted molar refractivity (Wildman–Crippen MR) is 171 cm³/mol. The van der Waals surface area contributed by atoms with Gasteiger partial charge in [0.15, 0.2) is 0 Å². The van der Waals surface area contributed by atoms with Gasteiger partial charge < -0.3 is 15.4 Å². The zero-order valence-electron chi connectivity index (χ0n) is 25.4. The Balaban J connectivity index is 1.42. The molecule has 2 heterocycles. The number of hydrogen-bond acceptors (Lipinski definition) is 6. The summed E-state index contributed by atoms with van der Waals surface area (Å²) in [5, 5.41) is 11.9. The standard InChI is InChI=1S/C34H39N5O2S/c1-8-42-33-37-32-35-23(4)29(31(40)36-28-11-9-10-21(2)22(28)3)30(39(32)38-33)25-14-18-27(19-15-25)41-20-24-12-16-26(17-13-24)34(5,6)7/h9-19,30H,8,20H2,1-7H3,(H,36,40)(H,35,37,38). The second-order valence-electron chi connectivity index (χ2n) is 11.7. The predicted octanol–water partition coefficient (Wildman–Crippen LogP) is 7.81. The molecular weight excluding hydrogens is 542 g/mol. The van der Waals surface area contributed by atoms with Crippen molar-refractivity contribution in [2.24, 2.45) is 0 Å². The molecule has 4 aromatic rings. The van der Waals surface area contributed by atoms with Gasteiger partial charge in [0, 0.05) is 11.4 Å². The van der Waals surface area contributed by atoms with Crippen LogP contribution in [0.4, 0.5) is 11.6 Å². The van der Waals surface area contributed by atoms with Crippen molar-refractivity contribution < 1.29 is 9.53 Å². The molecule has 0 fully saturated rings. The summed E-state index contributed by atoms with van der Waals surface area (Å²) in [5.74, 6) is 2.06. The van der Waals surface area contributed by atoms with Crippen LogP contribution >= 0.6 is 11.8 Å². The van der Waals surface area contributed by atoms with Crippen molar-refractivity contribution in [2.75, 3.05) is 16.4 Å². The number of ether oxygens (including phenoxy) is 1. The number of nitrogens with zero attached hydrogens (tertiary/aromatic N) is 3. The first kappa shape index (κ1) is 29.5. The van der Waals surface area contributed by atoms with Gasteiger partial charge in [-0.15, -0.1) is 5.10 Å². The number of allylic oxidation sites excluding steroid dienone is 1. The highest BCUT2D eigenvalue weighted by Gasteiger charge is 2.34. The molecule has 1 aliphatic heterocycles. The summed E-state index contributed by atoms with van der Waals surface area (Å²) in [6.45, 7) is 15.2. The van der Waals surface area contributed by atoms with Crippen LogP contribution in [0.15, 0.2) is 83.2 Å². The lowest BCUT2D eigenvalue weighted by molar-refractivity contribution is -0.113. The lowest BCUT2D eigenvalue weighted by Crippen LogP contribution is -2.31. The number of aryl methyl sites for hydroxylation is 1. The summed E-state index contributed by atoms with van der Waals surface area (Å²) in [5.41, 5.74) is 7.75. The van der Waals surface area contributed by atoms with Gasteiger partial charge in [0.05, 0.1) is 5.57 Å². The number of hydrogen-bond donors (Lipinski definition) is 2. The Hall–Kier alpha value is -4.04. The third-order valence-electron chi connectivity index (χ3n) is 7.63. The molecule has 0 saturated carbocycles. The Morgan fingerprint density at radius 2 is 1.74 bits per heavy atom. The number of anilines is 2. The fraction of sp³-hybridized carbons (Fsp3) is 0.324. The first-order chi connectivity index (χ1) is 20.0. The van der Waals surface area contributed by atoms with Crippen molar-refractivity contribution in [3.8, 4) is 5.75 Å². The van der Waals surface area contributed by atoms with Crippen LogP contribution in [0.1, 0.15) is 68.5 Å². The minimum atomic E-state index is -0.455. The highest BCUT2D eigenvalue weighted by atomic mass is 32.2. The maximum Gasteiger partial charge on any atom is 0.255 e. The first-order valence-corrected chi connectivity index (χ1v) is 15.3. The van der Waals surface area contributed by atoms with Crippen LogP contribution in [0, 0.1) is 13.8 Å². The molecule has 1 aliphatic rings. The van der Waals surface area contributed by atoms with Gasteiger partial charge in [-0.1, -0.05) is 88.0 Å². The Labute approximate surface area is 252 Å². The van der Waals surface area contributed by atoms with Crippen LogP contribution in [0.25, 0.3) is 0 Å². The van der Waals surface area contributed by atoms with E-state index >= 15 is 0 Å². The minimum Gasteiger partial charge on any atom is -0.489 e. The largest absolute Gasteiger partial charge is 0.489 e. The molecule has 218 valence electrons. The van der Waals surface area contributed by atoms with Crippen LogP contribution < -0.4 is 15.4 Å². The topological polar surface area (TPSA) is 81.1 Å². The molecule has 42 heavy (non-hydrogen) atoms. The molecule has 0 spiro atoms. The van der Waals surface area contributed by atoms with Crippen molar-refractivity contribution >= 4 is 29.3 Å². The van der Waals surface area contributed by atoms with Gasteiger partial charge in [0.2, 0.25) is 11.1 Å². The molecule has 0 bridgehead atoms. The molecule has 1 amide bonds. The summed E-state index contributed by atoms with van der Waals surface area (Å²) in [7, 11) is 0. The average Bonchev–Trinajstić information content (AvgIpc) is 3.35. The number of aromatic nitrogens is 3. The molecule has 1 unspecified atom stereocenters. The maximum absolute atomic E-state index is 13.9. The normalized spacial score (nSPS) is 14.8. The third-order valence-corrected chi connectivity index (χ3v) is 8.35. The second-order valence-corrected chi connectivity index (χ2v) is 12.9. The van der Waals surface area contributed by atoms with Crippen molar-refractivity contribution in [3.05, 3.63) is 106 Å². The van der Waals surface area contributed by atoms with Crippen LogP contribution in [-0.4, -0.2) is 26.4 Å². The molecule has 0 radical (unpaired) electrons. The number of rotatable bonds is 8. The molecule has 7 nitrogen and oxygen atoms in total. The van der Waals surface area contributed by atoms with E-state index in [2.05, 4.69) is 67.6 Å². The smallest absolute Gasteiger partial charge is 0.255 e. The van der Waals surface area contributed by atoms with E-state index in [1.54, 1.807) is 11.8 Å². The van der Waals surface area contributed by atoms with E-state index in [0.717, 1.165) is 45.1 Å². The van der Waals surface area contributed by atoms with Crippen LogP contribution in [0.3, 0.4) is 0 Å². The Kier molecular flexibility index (Phi) is 8.45. The molecule has 0 aliphatic carbocycles. The summed E-state index contributed by atoms with van der Waals surface area (Å²) in [4.78, 5) is 18.6. The minimum absolute atomic E-state index is 0.116. The van der Waals surface area contributed by atoms with E-state index in [1.807, 2.05) is 67.9 Å². The molecular formula is C34H39N5O2S. The summed E-state index contributed by atoms with van der Waals surface area (Å²) >= 11 is 1.57. The number of carbonyl (C=O) groups is 1. The van der Waals surface area contributed by atoms with E-state index in [9.17, 15) is 4.79 Å².